The Morgan fingerprint density at radius 3 is 2.27 bits per heavy atom. The fourth-order valence-corrected chi connectivity index (χ4v) is 2.31. The van der Waals surface area contributed by atoms with Crippen LogP contribution >= 0.6 is 39.5 Å². The topological polar surface area (TPSA) is 101 Å². The smallest absolute Gasteiger partial charge is 0.507 e. The summed E-state index contributed by atoms with van der Waals surface area (Å²) in [5.74, 6) is 0.0614. The van der Waals surface area contributed by atoms with E-state index in [-0.39, 0.29) is 35.3 Å². The van der Waals surface area contributed by atoms with Gasteiger partial charge < -0.3 is 10.2 Å². The molecule has 0 unspecified atom stereocenters. The van der Waals surface area contributed by atoms with Crippen molar-refractivity contribution in [3.05, 3.63) is 21.1 Å². The summed E-state index contributed by atoms with van der Waals surface area (Å²) in [6.45, 7) is 0. The second kappa shape index (κ2) is 6.02. The van der Waals surface area contributed by atoms with Gasteiger partial charge in [0.15, 0.2) is 0 Å². The van der Waals surface area contributed by atoms with Gasteiger partial charge >= 0.3 is 29.6 Å². The molecule has 6 N–H and O–H groups in total. The zero-order valence-electron chi connectivity index (χ0n) is 7.87. The molecule has 0 amide bonds. The number of phenols is 1. The maximum atomic E-state index is 11.1. The van der Waals surface area contributed by atoms with E-state index >= 15 is 0 Å². The van der Waals surface area contributed by atoms with Gasteiger partial charge in [-0.2, -0.15) is 0 Å². The number of rotatable bonds is 2. The van der Waals surface area contributed by atoms with E-state index in [1.807, 2.05) is 0 Å². The van der Waals surface area contributed by atoms with Gasteiger partial charge in [-0.1, -0.05) is 0 Å². The van der Waals surface area contributed by atoms with E-state index in [2.05, 4.69) is 36.9 Å². The molecular weight excluding hydrogens is 360 g/mol. The van der Waals surface area contributed by atoms with Gasteiger partial charge in [0.25, 0.3) is 7.59 Å². The van der Waals surface area contributed by atoms with Crippen LogP contribution in [-0.4, -0.2) is 5.11 Å². The first-order chi connectivity index (χ1) is 6.31. The monoisotopic (exact) mass is 366 g/mol. The van der Waals surface area contributed by atoms with Crippen LogP contribution in [0, 0.1) is 0 Å². The summed E-state index contributed by atoms with van der Waals surface area (Å²) in [5, 5.41) is 11.7. The van der Waals surface area contributed by atoms with Crippen LogP contribution in [0.15, 0.2) is 21.1 Å². The van der Waals surface area contributed by atoms with E-state index in [0.29, 0.717) is 14.6 Å². The maximum absolute atomic E-state index is 11.1. The molecule has 0 aliphatic heterocycles. The normalized spacial score (nSPS) is 10.7. The average Bonchev–Trinajstić information content (AvgIpc) is 2.04. The molecule has 0 spiro atoms. The molecule has 0 saturated carbocycles. The summed E-state index contributed by atoms with van der Waals surface area (Å²) in [7, 11) is -3.33. The molecule has 0 heterocycles. The predicted octanol–water partition coefficient (Wildman–Crippen LogP) is -0.641. The summed E-state index contributed by atoms with van der Waals surface area (Å²) in [4.78, 5) is 0. The zero-order valence-corrected chi connectivity index (χ0v) is 13.9. The molecule has 78 valence electrons. The van der Waals surface area contributed by atoms with Gasteiger partial charge in [0.2, 0.25) is 0 Å². The maximum Gasteiger partial charge on any atom is 1.00 e. The van der Waals surface area contributed by atoms with Crippen molar-refractivity contribution < 1.29 is 39.2 Å². The molecule has 15 heavy (non-hydrogen) atoms. The van der Waals surface area contributed by atoms with E-state index in [1.54, 1.807) is 0 Å². The van der Waals surface area contributed by atoms with Gasteiger partial charge in [0, 0.05) is 0 Å². The number of nitrogens with one attached hydrogen (secondary N) is 1. The van der Waals surface area contributed by atoms with Gasteiger partial charge in [-0.25, -0.2) is 0 Å². The molecule has 0 atom stereocenters. The van der Waals surface area contributed by atoms with Crippen LogP contribution in [0.25, 0.3) is 0 Å². The number of hydrogen-bond acceptors (Lipinski definition) is 2. The predicted molar refractivity (Wildman–Crippen MR) is 63.1 cm³/mol. The molecule has 1 aromatic carbocycles. The second-order valence-electron chi connectivity index (χ2n) is 2.58. The minimum atomic E-state index is -3.33. The van der Waals surface area contributed by atoms with Gasteiger partial charge in [-0.3, -0.25) is 15.6 Å². The Hall–Kier alpha value is 0.930. The molecule has 1 aromatic rings. The molecule has 0 fully saturated rings. The Morgan fingerprint density at radius 1 is 1.27 bits per heavy atom. The Morgan fingerprint density at radius 2 is 1.80 bits per heavy atom. The van der Waals surface area contributed by atoms with Crippen molar-refractivity contribution in [1.29, 1.82) is 0 Å². The van der Waals surface area contributed by atoms with Gasteiger partial charge in [-0.15, -0.1) is 0 Å². The van der Waals surface area contributed by atoms with E-state index in [1.165, 1.54) is 12.1 Å². The van der Waals surface area contributed by atoms with Crippen molar-refractivity contribution >= 4 is 45.1 Å². The van der Waals surface area contributed by atoms with Crippen molar-refractivity contribution in [3.63, 3.8) is 0 Å². The summed E-state index contributed by atoms with van der Waals surface area (Å²) < 4.78 is 12.0. The van der Waals surface area contributed by atoms with Crippen molar-refractivity contribution in [1.82, 2.24) is 0 Å². The Kier molecular flexibility index (Phi) is 6.40. The first-order valence-electron chi connectivity index (χ1n) is 3.43. The SMILES string of the molecule is NP(N)(=O)Nc1ccc(O)c(Br)c1Br.[Na+]. The molecule has 5 nitrogen and oxygen atoms in total. The number of hydrogen-bond donors (Lipinski definition) is 4. The van der Waals surface area contributed by atoms with Crippen LogP contribution in [0.4, 0.5) is 5.69 Å². The average molecular weight is 368 g/mol. The van der Waals surface area contributed by atoms with Crippen LogP contribution in [-0.2, 0) is 4.57 Å². The van der Waals surface area contributed by atoms with E-state index in [4.69, 9.17) is 11.0 Å². The fourth-order valence-electron chi connectivity index (χ4n) is 0.814. The van der Waals surface area contributed by atoms with Gasteiger partial charge in [0.1, 0.15) is 5.75 Å². The largest absolute Gasteiger partial charge is 1.00 e. The Labute approximate surface area is 126 Å². The van der Waals surface area contributed by atoms with Crippen molar-refractivity contribution in [2.75, 3.05) is 5.09 Å². The number of phenolic OH excluding ortho intramolecular Hbond substituents is 1. The van der Waals surface area contributed by atoms with Crippen LogP contribution in [0.1, 0.15) is 0 Å². The number of anilines is 1. The Balaban J connectivity index is 0.00000196. The first-order valence-corrected chi connectivity index (χ1v) is 6.87. The number of benzene rings is 1. The molecule has 0 radical (unpaired) electrons. The molecule has 9 heteroatoms. The molecule has 1 rings (SSSR count). The van der Waals surface area contributed by atoms with E-state index in [9.17, 15) is 9.67 Å². The summed E-state index contributed by atoms with van der Waals surface area (Å²) >= 11 is 6.31. The third-order valence-corrected chi connectivity index (χ3v) is 4.11. The molecule has 0 aromatic heterocycles. The Bertz CT molecular complexity index is 412. The molecular formula is C6H8Br2N3NaO2P+. The van der Waals surface area contributed by atoms with Crippen molar-refractivity contribution in [2.24, 2.45) is 11.0 Å². The summed E-state index contributed by atoms with van der Waals surface area (Å²) in [6.07, 6.45) is 0. The van der Waals surface area contributed by atoms with Crippen LogP contribution in [0.5, 0.6) is 5.75 Å². The van der Waals surface area contributed by atoms with Crippen molar-refractivity contribution in [3.8, 4) is 5.75 Å². The third kappa shape index (κ3) is 4.75. The summed E-state index contributed by atoms with van der Waals surface area (Å²) in [5.41, 5.74) is 10.7. The van der Waals surface area contributed by atoms with Crippen LogP contribution < -0.4 is 45.7 Å². The zero-order chi connectivity index (χ0) is 10.9. The van der Waals surface area contributed by atoms with Crippen LogP contribution in [0.3, 0.4) is 0 Å². The standard InChI is InChI=1S/C6H8Br2N3O2P.Na/c7-5-3(11-14(9,10)13)1-2-4(12)6(5)8;/h1-2,12H,(H5,9,10,11,13);/q;+1. The molecule has 0 aliphatic rings. The number of nitrogens with two attached hydrogens (primary N) is 2. The minimum absolute atomic E-state index is 0. The van der Waals surface area contributed by atoms with Crippen LogP contribution in [0.2, 0.25) is 0 Å². The fraction of sp³-hybridized carbons (Fsp3) is 0. The van der Waals surface area contributed by atoms with E-state index in [0.717, 1.165) is 0 Å². The third-order valence-electron chi connectivity index (χ3n) is 1.36. The van der Waals surface area contributed by atoms with E-state index < -0.39 is 7.59 Å². The van der Waals surface area contributed by atoms with Crippen molar-refractivity contribution in [2.45, 2.75) is 0 Å². The quantitative estimate of drug-likeness (QED) is 0.316. The number of aromatic hydroxyl groups is 1. The molecule has 0 saturated heterocycles. The summed E-state index contributed by atoms with van der Waals surface area (Å²) in [6, 6.07) is 2.93. The number of halogens is 2. The minimum Gasteiger partial charge on any atom is -0.507 e. The molecule has 0 bridgehead atoms. The molecule has 0 aliphatic carbocycles. The van der Waals surface area contributed by atoms with Gasteiger partial charge in [-0.05, 0) is 44.0 Å². The first kappa shape index (κ1) is 15.9. The second-order valence-corrected chi connectivity index (χ2v) is 5.81. The van der Waals surface area contributed by atoms with Gasteiger partial charge in [0.05, 0.1) is 14.6 Å².